The lowest BCUT2D eigenvalue weighted by molar-refractivity contribution is -0.301. The number of rotatable bonds is 21. The summed E-state index contributed by atoms with van der Waals surface area (Å²) in [6.45, 7) is 18.9. The third-order valence-corrected chi connectivity index (χ3v) is 12.5. The maximum absolute atomic E-state index is 13.3. The molecular weight excluding hydrogens is 713 g/mol. The number of ketones is 2. The van der Waals surface area contributed by atoms with Gasteiger partial charge >= 0.3 is 0 Å². The first-order valence-corrected chi connectivity index (χ1v) is 22.2. The van der Waals surface area contributed by atoms with Crippen molar-refractivity contribution in [2.45, 2.75) is 181 Å². The fourth-order valence-corrected chi connectivity index (χ4v) is 9.55. The zero-order valence-electron chi connectivity index (χ0n) is 37.4. The molecule has 0 saturated heterocycles. The van der Waals surface area contributed by atoms with Gasteiger partial charge in [-0.15, -0.1) is 0 Å². The summed E-state index contributed by atoms with van der Waals surface area (Å²) in [6, 6.07) is 33.1. The Balaban J connectivity index is 1.05. The van der Waals surface area contributed by atoms with Crippen LogP contribution in [0.2, 0.25) is 0 Å². The van der Waals surface area contributed by atoms with Gasteiger partial charge in [0.1, 0.15) is 11.6 Å². The van der Waals surface area contributed by atoms with Gasteiger partial charge in [-0.05, 0) is 157 Å². The smallest absolute Gasteiger partial charge is 0.164 e. The SMILES string of the molecule is CCC(=O)Cc1ccc(CCCC(C)(C)OC(C)(C)OC(C)(C)CCCc2ccc(CC(=O)Cc3ccc(C4(c5ccccc5)CCCCC4)cc3)c(C)c2)cc1C. The van der Waals surface area contributed by atoms with Gasteiger partial charge in [-0.2, -0.15) is 0 Å². The highest BCUT2D eigenvalue weighted by Gasteiger charge is 2.36. The maximum Gasteiger partial charge on any atom is 0.164 e. The minimum Gasteiger partial charge on any atom is -0.345 e. The molecule has 4 nitrogen and oxygen atoms in total. The highest BCUT2D eigenvalue weighted by atomic mass is 16.7. The third-order valence-electron chi connectivity index (χ3n) is 12.5. The molecule has 312 valence electrons. The second-order valence-corrected chi connectivity index (χ2v) is 19.0. The molecule has 0 bridgehead atoms. The van der Waals surface area contributed by atoms with Crippen molar-refractivity contribution in [3.05, 3.63) is 141 Å². The number of benzene rings is 4. The molecule has 4 aromatic rings. The first-order valence-electron chi connectivity index (χ1n) is 22.2. The molecule has 0 N–H and O–H groups in total. The van der Waals surface area contributed by atoms with Gasteiger partial charge < -0.3 is 9.47 Å². The fraction of sp³-hybridized carbons (Fsp3) is 0.519. The van der Waals surface area contributed by atoms with E-state index in [1.165, 1.54) is 65.5 Å². The van der Waals surface area contributed by atoms with E-state index in [1.807, 2.05) is 20.8 Å². The Hall–Kier alpha value is -3.86. The van der Waals surface area contributed by atoms with Gasteiger partial charge in [0.05, 0.1) is 11.2 Å². The van der Waals surface area contributed by atoms with Gasteiger partial charge in [0, 0.05) is 31.1 Å². The molecule has 1 aliphatic rings. The van der Waals surface area contributed by atoms with E-state index in [-0.39, 0.29) is 28.2 Å². The van der Waals surface area contributed by atoms with Gasteiger partial charge in [0.2, 0.25) is 0 Å². The van der Waals surface area contributed by atoms with Crippen molar-refractivity contribution in [1.29, 1.82) is 0 Å². The van der Waals surface area contributed by atoms with E-state index < -0.39 is 5.79 Å². The average molecular weight is 785 g/mol. The number of ether oxygens (including phenoxy) is 2. The molecule has 0 aromatic heterocycles. The normalized spacial score (nSPS) is 14.7. The first kappa shape index (κ1) is 45.2. The van der Waals surface area contributed by atoms with Gasteiger partial charge in [-0.1, -0.05) is 117 Å². The summed E-state index contributed by atoms with van der Waals surface area (Å²) in [4.78, 5) is 25.2. The largest absolute Gasteiger partial charge is 0.345 e. The van der Waals surface area contributed by atoms with Crippen LogP contribution in [0.5, 0.6) is 0 Å². The van der Waals surface area contributed by atoms with Gasteiger partial charge in [-0.3, -0.25) is 9.59 Å². The number of hydrogen-bond acceptors (Lipinski definition) is 4. The number of carbonyl (C=O) groups is 2. The molecule has 4 heteroatoms. The van der Waals surface area contributed by atoms with E-state index in [1.54, 1.807) is 0 Å². The van der Waals surface area contributed by atoms with Crippen LogP contribution in [0.3, 0.4) is 0 Å². The van der Waals surface area contributed by atoms with E-state index in [0.29, 0.717) is 25.7 Å². The molecule has 4 aromatic carbocycles. The van der Waals surface area contributed by atoms with E-state index in [0.717, 1.165) is 55.2 Å². The second-order valence-electron chi connectivity index (χ2n) is 19.0. The maximum atomic E-state index is 13.3. The zero-order chi connectivity index (χ0) is 42.0. The molecule has 0 aliphatic heterocycles. The Labute approximate surface area is 351 Å². The van der Waals surface area contributed by atoms with Crippen molar-refractivity contribution < 1.29 is 19.1 Å². The van der Waals surface area contributed by atoms with Crippen LogP contribution in [0.25, 0.3) is 0 Å². The van der Waals surface area contributed by atoms with E-state index in [9.17, 15) is 9.59 Å². The molecule has 1 saturated carbocycles. The first-order chi connectivity index (χ1) is 27.5. The average Bonchev–Trinajstić information content (AvgIpc) is 3.16. The fourth-order valence-electron chi connectivity index (χ4n) is 9.55. The van der Waals surface area contributed by atoms with Crippen LogP contribution in [0.4, 0.5) is 0 Å². The highest BCUT2D eigenvalue weighted by Crippen LogP contribution is 2.45. The van der Waals surface area contributed by atoms with Gasteiger partial charge in [-0.25, -0.2) is 0 Å². The van der Waals surface area contributed by atoms with Gasteiger partial charge in [0.25, 0.3) is 0 Å². The van der Waals surface area contributed by atoms with Crippen LogP contribution < -0.4 is 0 Å². The zero-order valence-corrected chi connectivity index (χ0v) is 37.4. The van der Waals surface area contributed by atoms with Crippen LogP contribution in [0.15, 0.2) is 91.0 Å². The number of hydrogen-bond donors (Lipinski definition) is 0. The predicted molar refractivity (Wildman–Crippen MR) is 241 cm³/mol. The number of aryl methyl sites for hydroxylation is 4. The minimum absolute atomic E-state index is 0.0836. The molecule has 0 unspecified atom stereocenters. The third kappa shape index (κ3) is 13.1. The lowest BCUT2D eigenvalue weighted by Gasteiger charge is -2.41. The van der Waals surface area contributed by atoms with Crippen LogP contribution in [-0.4, -0.2) is 28.6 Å². The Morgan fingerprint density at radius 3 is 1.52 bits per heavy atom. The number of carbonyl (C=O) groups excluding carboxylic acids is 2. The predicted octanol–water partition coefficient (Wildman–Crippen LogP) is 13.1. The van der Waals surface area contributed by atoms with Crippen LogP contribution in [0.1, 0.15) is 163 Å². The topological polar surface area (TPSA) is 52.6 Å². The molecule has 5 rings (SSSR count). The van der Waals surface area contributed by atoms with Crippen LogP contribution in [-0.2, 0) is 56.6 Å². The van der Waals surface area contributed by atoms with E-state index in [4.69, 9.17) is 9.47 Å². The summed E-state index contributed by atoms with van der Waals surface area (Å²) in [5.41, 5.74) is 10.5. The molecule has 0 radical (unpaired) electrons. The van der Waals surface area contributed by atoms with Crippen molar-refractivity contribution in [2.24, 2.45) is 0 Å². The Morgan fingerprint density at radius 1 is 0.569 bits per heavy atom. The molecule has 0 spiro atoms. The molecule has 0 amide bonds. The lowest BCUT2D eigenvalue weighted by Crippen LogP contribution is -2.44. The molecule has 58 heavy (non-hydrogen) atoms. The van der Waals surface area contributed by atoms with E-state index in [2.05, 4.69) is 133 Å². The Bertz CT molecular complexity index is 1940. The van der Waals surface area contributed by atoms with Crippen molar-refractivity contribution in [3.8, 4) is 0 Å². The van der Waals surface area contributed by atoms with Crippen molar-refractivity contribution in [1.82, 2.24) is 0 Å². The molecule has 1 fully saturated rings. The van der Waals surface area contributed by atoms with Crippen molar-refractivity contribution in [3.63, 3.8) is 0 Å². The van der Waals surface area contributed by atoms with Gasteiger partial charge in [0.15, 0.2) is 5.79 Å². The quantitative estimate of drug-likeness (QED) is 0.0790. The van der Waals surface area contributed by atoms with Crippen LogP contribution in [0, 0.1) is 13.8 Å². The Morgan fingerprint density at radius 2 is 1.03 bits per heavy atom. The van der Waals surface area contributed by atoms with Crippen molar-refractivity contribution in [2.75, 3.05) is 0 Å². The summed E-state index contributed by atoms with van der Waals surface area (Å²) < 4.78 is 13.3. The molecular formula is C54H72O4. The summed E-state index contributed by atoms with van der Waals surface area (Å²) in [6.07, 6.45) is 14.0. The second kappa shape index (κ2) is 19.9. The summed E-state index contributed by atoms with van der Waals surface area (Å²) >= 11 is 0. The standard InChI is InChI=1S/C54H72O4/c1-10-49(55)38-45-27-23-42(35-40(45)2)19-17-31-51(4,5)57-53(8,9)58-52(6,7)32-18-20-43-24-28-46(41(3)36-43)39-50(56)37-44-25-29-48(30-26-44)54(33-15-12-16-34-54)47-21-13-11-14-22-47/h11,13-14,21-30,35-36H,10,12,15-20,31-34,37-39H2,1-9H3. The molecule has 0 atom stereocenters. The highest BCUT2D eigenvalue weighted by molar-refractivity contribution is 5.83. The minimum atomic E-state index is -0.733. The summed E-state index contributed by atoms with van der Waals surface area (Å²) in [5, 5.41) is 0. The Kier molecular flexibility index (Phi) is 15.5. The van der Waals surface area contributed by atoms with Crippen molar-refractivity contribution >= 4 is 11.6 Å². The molecule has 1 aliphatic carbocycles. The monoisotopic (exact) mass is 785 g/mol. The summed E-state index contributed by atoms with van der Waals surface area (Å²) in [7, 11) is 0. The number of Topliss-reactive ketones (excluding diaryl/α,β-unsaturated/α-hetero) is 2. The summed E-state index contributed by atoms with van der Waals surface area (Å²) in [5.74, 6) is -0.190. The van der Waals surface area contributed by atoms with Crippen LogP contribution >= 0.6 is 0 Å². The molecule has 0 heterocycles. The lowest BCUT2D eigenvalue weighted by atomic mass is 9.65. The van der Waals surface area contributed by atoms with E-state index >= 15 is 0 Å².